The summed E-state index contributed by atoms with van der Waals surface area (Å²) >= 11 is 6.74. The molecule has 1 aromatic carbocycles. The number of hydrogen-bond donors (Lipinski definition) is 1. The van der Waals surface area contributed by atoms with Crippen molar-refractivity contribution in [3.63, 3.8) is 0 Å². The molecule has 0 bridgehead atoms. The van der Waals surface area contributed by atoms with Crippen molar-refractivity contribution in [2.24, 2.45) is 0 Å². The average molecular weight is 308 g/mol. The fourth-order valence-corrected chi connectivity index (χ4v) is 2.54. The van der Waals surface area contributed by atoms with Crippen LogP contribution in [0.2, 0.25) is 0 Å². The Balaban J connectivity index is 3.23. The summed E-state index contributed by atoms with van der Waals surface area (Å²) in [6.45, 7) is 4.13. The minimum atomic E-state index is 0.348. The van der Waals surface area contributed by atoms with E-state index in [1.165, 1.54) is 0 Å². The van der Waals surface area contributed by atoms with Crippen LogP contribution in [0, 0.1) is 0 Å². The normalized spacial score (nSPS) is 10.8. The molecule has 1 N–H and O–H groups in total. The lowest BCUT2D eigenvalue weighted by Gasteiger charge is -2.11. The second kappa shape index (κ2) is 4.47. The lowest BCUT2D eigenvalue weighted by atomic mass is 10.0. The van der Waals surface area contributed by atoms with Crippen LogP contribution in [0.4, 0.5) is 0 Å². The van der Waals surface area contributed by atoms with Crippen LogP contribution >= 0.6 is 31.9 Å². The van der Waals surface area contributed by atoms with E-state index in [9.17, 15) is 5.11 Å². The Morgan fingerprint density at radius 1 is 1.38 bits per heavy atom. The molecule has 1 aromatic rings. The van der Waals surface area contributed by atoms with Gasteiger partial charge in [0.05, 0.1) is 4.47 Å². The smallest absolute Gasteiger partial charge is 0.133 e. The van der Waals surface area contributed by atoms with Gasteiger partial charge < -0.3 is 5.11 Å². The molecule has 0 unspecified atom stereocenters. The second-order valence-electron chi connectivity index (χ2n) is 3.26. The van der Waals surface area contributed by atoms with Crippen LogP contribution in [0.15, 0.2) is 16.6 Å². The van der Waals surface area contributed by atoms with E-state index in [1.807, 2.05) is 12.1 Å². The van der Waals surface area contributed by atoms with E-state index < -0.39 is 0 Å². The van der Waals surface area contributed by atoms with Crippen LogP contribution in [0.1, 0.15) is 30.9 Å². The number of halogens is 2. The Morgan fingerprint density at radius 3 is 2.46 bits per heavy atom. The van der Waals surface area contributed by atoms with Gasteiger partial charge in [-0.25, -0.2) is 0 Å². The van der Waals surface area contributed by atoms with Crippen molar-refractivity contribution in [3.8, 4) is 5.75 Å². The Labute approximate surface area is 95.4 Å². The molecule has 0 heterocycles. The summed E-state index contributed by atoms with van der Waals surface area (Å²) in [5.41, 5.74) is 2.05. The van der Waals surface area contributed by atoms with Crippen LogP contribution in [0.3, 0.4) is 0 Å². The fraction of sp³-hybridized carbons (Fsp3) is 0.400. The number of phenolic OH excluding ortho intramolecular Hbond substituents is 1. The largest absolute Gasteiger partial charge is 0.506 e. The Hall–Kier alpha value is -0.0200. The van der Waals surface area contributed by atoms with Crippen molar-refractivity contribution in [2.75, 3.05) is 0 Å². The topological polar surface area (TPSA) is 20.2 Å². The highest BCUT2D eigenvalue weighted by atomic mass is 79.9. The molecule has 0 aliphatic carbocycles. The van der Waals surface area contributed by atoms with E-state index in [4.69, 9.17) is 0 Å². The van der Waals surface area contributed by atoms with Gasteiger partial charge in [-0.2, -0.15) is 0 Å². The summed E-state index contributed by atoms with van der Waals surface area (Å²) < 4.78 is 0.801. The molecule has 0 aliphatic rings. The first-order chi connectivity index (χ1) is 6.07. The first kappa shape index (κ1) is 11.1. The average Bonchev–Trinajstić information content (AvgIpc) is 2.09. The van der Waals surface area contributed by atoms with Crippen LogP contribution in [0.25, 0.3) is 0 Å². The second-order valence-corrected chi connectivity index (χ2v) is 4.62. The number of phenols is 1. The van der Waals surface area contributed by atoms with E-state index in [0.717, 1.165) is 20.9 Å². The van der Waals surface area contributed by atoms with Gasteiger partial charge in [-0.1, -0.05) is 41.9 Å². The van der Waals surface area contributed by atoms with Gasteiger partial charge in [0.1, 0.15) is 5.75 Å². The maximum atomic E-state index is 9.81. The zero-order valence-electron chi connectivity index (χ0n) is 7.64. The maximum Gasteiger partial charge on any atom is 0.133 e. The van der Waals surface area contributed by atoms with Crippen molar-refractivity contribution in [2.45, 2.75) is 25.1 Å². The highest BCUT2D eigenvalue weighted by Gasteiger charge is 2.11. The molecule has 0 saturated heterocycles. The molecule has 0 aromatic heterocycles. The molecule has 0 atom stereocenters. The van der Waals surface area contributed by atoms with Gasteiger partial charge in [0.15, 0.2) is 0 Å². The SMILES string of the molecule is CC(C)c1ccc(CBr)c(Br)c1O. The summed E-state index contributed by atoms with van der Waals surface area (Å²) in [6, 6.07) is 4.00. The molecule has 1 nitrogen and oxygen atoms in total. The number of rotatable bonds is 2. The van der Waals surface area contributed by atoms with Gasteiger partial charge >= 0.3 is 0 Å². The number of hydrogen-bond acceptors (Lipinski definition) is 1. The van der Waals surface area contributed by atoms with E-state index in [0.29, 0.717) is 11.7 Å². The van der Waals surface area contributed by atoms with Crippen LogP contribution < -0.4 is 0 Å². The summed E-state index contributed by atoms with van der Waals surface area (Å²) in [4.78, 5) is 0. The zero-order valence-corrected chi connectivity index (χ0v) is 10.8. The first-order valence-corrected chi connectivity index (χ1v) is 6.05. The van der Waals surface area contributed by atoms with Crippen molar-refractivity contribution in [3.05, 3.63) is 27.7 Å². The van der Waals surface area contributed by atoms with Crippen LogP contribution in [0.5, 0.6) is 5.75 Å². The first-order valence-electron chi connectivity index (χ1n) is 4.14. The Morgan fingerprint density at radius 2 is 2.00 bits per heavy atom. The molecule has 0 fully saturated rings. The maximum absolute atomic E-state index is 9.81. The highest BCUT2D eigenvalue weighted by Crippen LogP contribution is 2.35. The molecule has 1 rings (SSSR count). The summed E-state index contributed by atoms with van der Waals surface area (Å²) in [6.07, 6.45) is 0. The van der Waals surface area contributed by atoms with Gasteiger partial charge in [0.2, 0.25) is 0 Å². The summed E-state index contributed by atoms with van der Waals surface area (Å²) in [5.74, 6) is 0.715. The predicted octanol–water partition coefficient (Wildman–Crippen LogP) is 4.17. The molecule has 72 valence electrons. The third-order valence-corrected chi connectivity index (χ3v) is 3.48. The van der Waals surface area contributed by atoms with E-state index in [2.05, 4.69) is 45.7 Å². The fourth-order valence-electron chi connectivity index (χ4n) is 1.19. The molecule has 0 amide bonds. The summed E-state index contributed by atoms with van der Waals surface area (Å²) in [7, 11) is 0. The van der Waals surface area contributed by atoms with E-state index in [1.54, 1.807) is 0 Å². The molecular weight excluding hydrogens is 296 g/mol. The van der Waals surface area contributed by atoms with Gasteiger partial charge in [0, 0.05) is 5.33 Å². The molecule has 0 saturated carbocycles. The number of aromatic hydroxyl groups is 1. The molecule has 0 radical (unpaired) electrons. The number of benzene rings is 1. The Bertz CT molecular complexity index is 308. The molecule has 0 spiro atoms. The van der Waals surface area contributed by atoms with E-state index >= 15 is 0 Å². The number of alkyl halides is 1. The molecule has 13 heavy (non-hydrogen) atoms. The standard InChI is InChI=1S/C10H12Br2O/c1-6(2)8-4-3-7(5-11)9(12)10(8)13/h3-4,6,13H,5H2,1-2H3. The lowest BCUT2D eigenvalue weighted by molar-refractivity contribution is 0.461. The quantitative estimate of drug-likeness (QED) is 0.813. The van der Waals surface area contributed by atoms with Crippen LogP contribution in [-0.4, -0.2) is 5.11 Å². The monoisotopic (exact) mass is 306 g/mol. The minimum Gasteiger partial charge on any atom is -0.506 e. The van der Waals surface area contributed by atoms with Crippen molar-refractivity contribution in [1.29, 1.82) is 0 Å². The third kappa shape index (κ3) is 2.26. The highest BCUT2D eigenvalue weighted by molar-refractivity contribution is 9.11. The third-order valence-electron chi connectivity index (χ3n) is 1.99. The van der Waals surface area contributed by atoms with Crippen molar-refractivity contribution in [1.82, 2.24) is 0 Å². The Kier molecular flexibility index (Phi) is 3.80. The van der Waals surface area contributed by atoms with Gasteiger partial charge in [-0.15, -0.1) is 0 Å². The lowest BCUT2D eigenvalue weighted by Crippen LogP contribution is -1.91. The van der Waals surface area contributed by atoms with Gasteiger partial charge in [0.25, 0.3) is 0 Å². The molecular formula is C10H12Br2O. The predicted molar refractivity (Wildman–Crippen MR) is 62.5 cm³/mol. The van der Waals surface area contributed by atoms with Gasteiger partial charge in [-0.05, 0) is 33.0 Å². The van der Waals surface area contributed by atoms with Crippen LogP contribution in [-0.2, 0) is 5.33 Å². The van der Waals surface area contributed by atoms with Crippen molar-refractivity contribution < 1.29 is 5.11 Å². The zero-order chi connectivity index (χ0) is 10.0. The summed E-state index contributed by atoms with van der Waals surface area (Å²) in [5, 5.41) is 10.6. The van der Waals surface area contributed by atoms with Crippen molar-refractivity contribution >= 4 is 31.9 Å². The molecule has 3 heteroatoms. The molecule has 0 aliphatic heterocycles. The van der Waals surface area contributed by atoms with E-state index in [-0.39, 0.29) is 0 Å². The minimum absolute atomic E-state index is 0.348. The van der Waals surface area contributed by atoms with Gasteiger partial charge in [-0.3, -0.25) is 0 Å².